The molecule has 262 valence electrons. The second kappa shape index (κ2) is 15.7. The number of anilines is 1. The highest BCUT2D eigenvalue weighted by atomic mass is 35.5. The molecule has 2 saturated heterocycles. The third kappa shape index (κ3) is 10.2. The number of amides is 3. The van der Waals surface area contributed by atoms with Gasteiger partial charge in [0.2, 0.25) is 5.91 Å². The van der Waals surface area contributed by atoms with Gasteiger partial charge in [-0.15, -0.1) is 0 Å². The molecule has 2 aliphatic heterocycles. The van der Waals surface area contributed by atoms with Crippen LogP contribution in [0.2, 0.25) is 5.15 Å². The van der Waals surface area contributed by atoms with E-state index in [1.807, 2.05) is 0 Å². The molecule has 9 nitrogen and oxygen atoms in total. The maximum absolute atomic E-state index is 12.6. The van der Waals surface area contributed by atoms with Crippen molar-refractivity contribution in [2.24, 2.45) is 11.8 Å². The van der Waals surface area contributed by atoms with Crippen molar-refractivity contribution < 1.29 is 50.6 Å². The Kier molecular flexibility index (Phi) is 11.9. The summed E-state index contributed by atoms with van der Waals surface area (Å²) in [5.74, 6) is -2.46. The number of aliphatic carboxylic acids is 1. The van der Waals surface area contributed by atoms with Crippen molar-refractivity contribution in [1.29, 1.82) is 0 Å². The number of hydrogen-bond acceptors (Lipinski definition) is 5. The molecule has 0 saturated carbocycles. The van der Waals surface area contributed by atoms with Gasteiger partial charge in [-0.05, 0) is 86.3 Å². The van der Waals surface area contributed by atoms with Gasteiger partial charge in [-0.2, -0.15) is 26.3 Å². The van der Waals surface area contributed by atoms with Crippen molar-refractivity contribution in [3.8, 4) is 0 Å². The van der Waals surface area contributed by atoms with E-state index in [2.05, 4.69) is 10.3 Å². The zero-order valence-corrected chi connectivity index (χ0v) is 26.5. The summed E-state index contributed by atoms with van der Waals surface area (Å²) in [6.07, 6.45) is -5.74. The highest BCUT2D eigenvalue weighted by Gasteiger charge is 2.33. The summed E-state index contributed by atoms with van der Waals surface area (Å²) >= 11 is 5.71. The minimum Gasteiger partial charge on any atom is -0.481 e. The Morgan fingerprint density at radius 3 is 1.43 bits per heavy atom. The van der Waals surface area contributed by atoms with Gasteiger partial charge in [0.15, 0.2) is 0 Å². The predicted molar refractivity (Wildman–Crippen MR) is 166 cm³/mol. The first-order valence-electron chi connectivity index (χ1n) is 15.1. The van der Waals surface area contributed by atoms with E-state index in [0.29, 0.717) is 62.7 Å². The first-order chi connectivity index (χ1) is 23.0. The lowest BCUT2D eigenvalue weighted by molar-refractivity contribution is -0.143. The molecule has 3 heterocycles. The Balaban J connectivity index is 0.000000230. The Bertz CT molecular complexity index is 1620. The quantitative estimate of drug-likeness (QED) is 0.220. The number of carboxylic acids is 1. The summed E-state index contributed by atoms with van der Waals surface area (Å²) in [5, 5.41) is 12.0. The number of hydrogen-bond donors (Lipinski definition) is 2. The van der Waals surface area contributed by atoms with Crippen LogP contribution in [0.15, 0.2) is 66.9 Å². The molecule has 3 amide bonds. The fraction of sp³-hybridized carbons (Fsp3) is 0.364. The van der Waals surface area contributed by atoms with E-state index >= 15 is 0 Å². The standard InChI is InChI=1S/C19H17ClF3N3O2.C14H14F3NO3/c20-16-6-5-15(11-24-16)25-17(27)12-7-9-26(10-8-12)18(28)13-1-3-14(4-2-13)19(21,22)23;15-14(16,17)11-3-1-9(2-4-11)12(19)18-7-5-10(6-8-18)13(20)21/h1-6,11-12H,7-10H2,(H,25,27);1-4,10H,5-8H2,(H,20,21). The van der Waals surface area contributed by atoms with Crippen molar-refractivity contribution in [2.75, 3.05) is 31.5 Å². The number of halogens is 7. The number of carboxylic acid groups (broad SMARTS) is 1. The lowest BCUT2D eigenvalue weighted by Gasteiger charge is -2.31. The Labute approximate surface area is 281 Å². The van der Waals surface area contributed by atoms with Gasteiger partial charge in [0.25, 0.3) is 11.8 Å². The summed E-state index contributed by atoms with van der Waals surface area (Å²) < 4.78 is 75.2. The van der Waals surface area contributed by atoms with Crippen LogP contribution in [0.4, 0.5) is 32.0 Å². The fourth-order valence-corrected chi connectivity index (χ4v) is 5.45. The zero-order chi connectivity index (χ0) is 35.9. The number of carbonyl (C=O) groups is 4. The van der Waals surface area contributed by atoms with Crippen molar-refractivity contribution in [3.05, 3.63) is 94.3 Å². The van der Waals surface area contributed by atoms with Crippen LogP contribution in [0, 0.1) is 11.8 Å². The molecule has 2 N–H and O–H groups in total. The summed E-state index contributed by atoms with van der Waals surface area (Å²) in [4.78, 5) is 54.7. The Morgan fingerprint density at radius 1 is 0.673 bits per heavy atom. The lowest BCUT2D eigenvalue weighted by Crippen LogP contribution is -2.41. The molecule has 0 bridgehead atoms. The highest BCUT2D eigenvalue weighted by molar-refractivity contribution is 6.29. The van der Waals surface area contributed by atoms with Crippen molar-refractivity contribution >= 4 is 41.0 Å². The van der Waals surface area contributed by atoms with Crippen LogP contribution >= 0.6 is 11.6 Å². The molecule has 5 rings (SSSR count). The summed E-state index contributed by atoms with van der Waals surface area (Å²) in [7, 11) is 0. The Morgan fingerprint density at radius 2 is 1.08 bits per heavy atom. The van der Waals surface area contributed by atoms with Gasteiger partial charge in [0.1, 0.15) is 5.15 Å². The summed E-state index contributed by atoms with van der Waals surface area (Å²) in [6, 6.07) is 11.4. The van der Waals surface area contributed by atoms with Gasteiger partial charge in [0, 0.05) is 43.2 Å². The first-order valence-corrected chi connectivity index (χ1v) is 15.5. The number of alkyl halides is 6. The number of carbonyl (C=O) groups excluding carboxylic acids is 3. The van der Waals surface area contributed by atoms with Gasteiger partial charge < -0.3 is 20.2 Å². The third-order valence-corrected chi connectivity index (χ3v) is 8.42. The van der Waals surface area contributed by atoms with Gasteiger partial charge in [-0.25, -0.2) is 4.98 Å². The smallest absolute Gasteiger partial charge is 0.416 e. The van der Waals surface area contributed by atoms with Crippen LogP contribution in [0.25, 0.3) is 0 Å². The molecule has 16 heteroatoms. The molecule has 2 aliphatic rings. The number of benzene rings is 2. The van der Waals surface area contributed by atoms with Crippen LogP contribution in [0.3, 0.4) is 0 Å². The van der Waals surface area contributed by atoms with Crippen LogP contribution in [0.1, 0.15) is 57.5 Å². The minimum atomic E-state index is -4.44. The van der Waals surface area contributed by atoms with Crippen LogP contribution < -0.4 is 5.32 Å². The van der Waals surface area contributed by atoms with Gasteiger partial charge >= 0.3 is 18.3 Å². The number of rotatable bonds is 5. The molecule has 0 aliphatic carbocycles. The van der Waals surface area contributed by atoms with Crippen LogP contribution in [0.5, 0.6) is 0 Å². The molecule has 2 aromatic carbocycles. The summed E-state index contributed by atoms with van der Waals surface area (Å²) in [6.45, 7) is 1.32. The molecule has 1 aromatic heterocycles. The molecule has 0 radical (unpaired) electrons. The van der Waals surface area contributed by atoms with Crippen LogP contribution in [-0.2, 0) is 21.9 Å². The van der Waals surface area contributed by atoms with E-state index in [4.69, 9.17) is 16.7 Å². The maximum Gasteiger partial charge on any atom is 0.416 e. The van der Waals surface area contributed by atoms with Gasteiger partial charge in [-0.1, -0.05) is 11.6 Å². The molecule has 49 heavy (non-hydrogen) atoms. The largest absolute Gasteiger partial charge is 0.481 e. The molecular weight excluding hydrogens is 682 g/mol. The number of nitrogens with zero attached hydrogens (tertiary/aromatic N) is 3. The predicted octanol–water partition coefficient (Wildman–Crippen LogP) is 6.89. The Hall–Kier alpha value is -4.66. The molecule has 0 spiro atoms. The van der Waals surface area contributed by atoms with Crippen molar-refractivity contribution in [2.45, 2.75) is 38.0 Å². The maximum atomic E-state index is 12.6. The zero-order valence-electron chi connectivity index (χ0n) is 25.7. The monoisotopic (exact) mass is 712 g/mol. The molecule has 0 unspecified atom stereocenters. The molecule has 0 atom stereocenters. The van der Waals surface area contributed by atoms with E-state index in [-0.39, 0.29) is 34.8 Å². The number of piperidine rings is 2. The van der Waals surface area contributed by atoms with Crippen molar-refractivity contribution in [3.63, 3.8) is 0 Å². The average Bonchev–Trinajstić information content (AvgIpc) is 3.08. The second-order valence-electron chi connectivity index (χ2n) is 11.5. The number of likely N-dealkylation sites (tertiary alicyclic amines) is 2. The van der Waals surface area contributed by atoms with Crippen LogP contribution in [-0.4, -0.2) is 69.8 Å². The number of pyridine rings is 1. The van der Waals surface area contributed by atoms with E-state index in [0.717, 1.165) is 36.4 Å². The first kappa shape index (κ1) is 37.2. The lowest BCUT2D eigenvalue weighted by atomic mass is 9.95. The van der Waals surface area contributed by atoms with Gasteiger partial charge in [0.05, 0.1) is 28.9 Å². The van der Waals surface area contributed by atoms with Gasteiger partial charge in [-0.3, -0.25) is 19.2 Å². The minimum absolute atomic E-state index is 0.161. The van der Waals surface area contributed by atoms with E-state index in [1.54, 1.807) is 17.0 Å². The topological polar surface area (TPSA) is 120 Å². The highest BCUT2D eigenvalue weighted by Crippen LogP contribution is 2.31. The average molecular weight is 713 g/mol. The third-order valence-electron chi connectivity index (χ3n) is 8.20. The number of aromatic nitrogens is 1. The molecular formula is C33H31ClF6N4O5. The van der Waals surface area contributed by atoms with E-state index in [1.165, 1.54) is 23.2 Å². The summed E-state index contributed by atoms with van der Waals surface area (Å²) in [5.41, 5.74) is -0.683. The van der Waals surface area contributed by atoms with Crippen molar-refractivity contribution in [1.82, 2.24) is 14.8 Å². The van der Waals surface area contributed by atoms with E-state index in [9.17, 15) is 45.5 Å². The fourth-order valence-electron chi connectivity index (χ4n) is 5.34. The molecule has 3 aromatic rings. The molecule has 2 fully saturated rings. The SMILES string of the molecule is O=C(Nc1ccc(Cl)nc1)C1CCN(C(=O)c2ccc(C(F)(F)F)cc2)CC1.O=C(O)C1CCN(C(=O)c2ccc(C(F)(F)F)cc2)CC1. The number of nitrogens with one attached hydrogen (secondary N) is 1. The normalized spacial score (nSPS) is 16.0. The van der Waals surface area contributed by atoms with E-state index < -0.39 is 35.4 Å². The second-order valence-corrected chi connectivity index (χ2v) is 11.9.